The normalized spacial score (nSPS) is 9.94. The third kappa shape index (κ3) is 2.60. The highest BCUT2D eigenvalue weighted by Gasteiger charge is 2.07. The second-order valence-electron chi connectivity index (χ2n) is 3.76. The topological polar surface area (TPSA) is 68.0 Å². The molecule has 3 N–H and O–H groups in total. The molecule has 0 spiro atoms. The van der Waals surface area contributed by atoms with Gasteiger partial charge in [-0.25, -0.2) is 4.98 Å². The zero-order valence-electron chi connectivity index (χ0n) is 9.47. The average molecular weight is 227 g/mol. The van der Waals surface area contributed by atoms with Crippen LogP contribution in [0.15, 0.2) is 42.6 Å². The third-order valence-electron chi connectivity index (χ3n) is 2.38. The van der Waals surface area contributed by atoms with Gasteiger partial charge in [0, 0.05) is 11.8 Å². The monoisotopic (exact) mass is 227 g/mol. The van der Waals surface area contributed by atoms with E-state index in [-0.39, 0.29) is 5.91 Å². The van der Waals surface area contributed by atoms with Gasteiger partial charge in [-0.3, -0.25) is 4.79 Å². The zero-order chi connectivity index (χ0) is 12.3. The molecule has 0 unspecified atom stereocenters. The quantitative estimate of drug-likeness (QED) is 0.826. The highest BCUT2D eigenvalue weighted by molar-refractivity contribution is 6.05. The van der Waals surface area contributed by atoms with Gasteiger partial charge in [0.2, 0.25) is 0 Å². The molecule has 1 amide bonds. The fourth-order valence-electron chi connectivity index (χ4n) is 1.41. The molecule has 2 rings (SSSR count). The first-order chi connectivity index (χ1) is 8.16. The molecule has 4 heteroatoms. The van der Waals surface area contributed by atoms with Crippen LogP contribution < -0.4 is 11.1 Å². The van der Waals surface area contributed by atoms with E-state index in [4.69, 9.17) is 5.73 Å². The van der Waals surface area contributed by atoms with E-state index in [0.29, 0.717) is 17.1 Å². The van der Waals surface area contributed by atoms with Crippen molar-refractivity contribution in [1.82, 2.24) is 4.98 Å². The summed E-state index contributed by atoms with van der Waals surface area (Å²) in [6, 6.07) is 10.7. The number of hydrogen-bond donors (Lipinski definition) is 2. The number of aromatic nitrogens is 1. The van der Waals surface area contributed by atoms with Gasteiger partial charge in [0.05, 0.1) is 5.69 Å². The maximum atomic E-state index is 11.9. The van der Waals surface area contributed by atoms with Gasteiger partial charge < -0.3 is 11.1 Å². The number of nitrogen functional groups attached to an aromatic ring is 1. The Morgan fingerprint density at radius 2 is 1.94 bits per heavy atom. The van der Waals surface area contributed by atoms with E-state index >= 15 is 0 Å². The molecular formula is C13H13N3O. The van der Waals surface area contributed by atoms with Gasteiger partial charge in [-0.15, -0.1) is 0 Å². The van der Waals surface area contributed by atoms with Crippen LogP contribution in [-0.4, -0.2) is 10.9 Å². The van der Waals surface area contributed by atoms with Crippen LogP contribution in [0.3, 0.4) is 0 Å². The van der Waals surface area contributed by atoms with Crippen LogP contribution in [0.4, 0.5) is 11.5 Å². The number of amides is 1. The number of benzene rings is 1. The number of nitrogens with zero attached hydrogens (tertiary/aromatic N) is 1. The second kappa shape index (κ2) is 4.65. The summed E-state index contributed by atoms with van der Waals surface area (Å²) in [7, 11) is 0. The molecule has 0 radical (unpaired) electrons. The number of nitrogens with one attached hydrogen (secondary N) is 1. The predicted octanol–water partition coefficient (Wildman–Crippen LogP) is 2.22. The Labute approximate surface area is 99.5 Å². The molecule has 0 bridgehead atoms. The van der Waals surface area contributed by atoms with Crippen molar-refractivity contribution >= 4 is 17.4 Å². The van der Waals surface area contributed by atoms with Gasteiger partial charge in [0.1, 0.15) is 0 Å². The molecular weight excluding hydrogens is 214 g/mol. The molecule has 0 aliphatic heterocycles. The van der Waals surface area contributed by atoms with Crippen molar-refractivity contribution in [3.63, 3.8) is 0 Å². The largest absolute Gasteiger partial charge is 0.396 e. The predicted molar refractivity (Wildman–Crippen MR) is 67.8 cm³/mol. The van der Waals surface area contributed by atoms with Crippen molar-refractivity contribution in [2.45, 2.75) is 6.92 Å². The molecule has 86 valence electrons. The summed E-state index contributed by atoms with van der Waals surface area (Å²) in [5.41, 5.74) is 7.84. The number of carbonyl (C=O) groups is 1. The molecule has 1 aromatic carbocycles. The Hall–Kier alpha value is -2.36. The van der Waals surface area contributed by atoms with Crippen molar-refractivity contribution < 1.29 is 4.79 Å². The van der Waals surface area contributed by atoms with Crippen LogP contribution in [0.1, 0.15) is 15.9 Å². The number of anilines is 2. The van der Waals surface area contributed by atoms with Gasteiger partial charge in [0.25, 0.3) is 5.91 Å². The molecule has 1 aromatic heterocycles. The molecule has 0 aliphatic rings. The standard InChI is InChI=1S/C13H13N3O/c1-9-4-6-10(7-5-9)13(17)16-12-11(14)3-2-8-15-12/h2-8H,14H2,1H3,(H,15,16,17). The van der Waals surface area contributed by atoms with Crippen LogP contribution in [0, 0.1) is 6.92 Å². The molecule has 2 aromatic rings. The smallest absolute Gasteiger partial charge is 0.256 e. The van der Waals surface area contributed by atoms with Gasteiger partial charge in [-0.1, -0.05) is 17.7 Å². The van der Waals surface area contributed by atoms with Gasteiger partial charge in [-0.05, 0) is 31.2 Å². The van der Waals surface area contributed by atoms with Gasteiger partial charge >= 0.3 is 0 Å². The van der Waals surface area contributed by atoms with E-state index in [1.165, 1.54) is 0 Å². The van der Waals surface area contributed by atoms with E-state index in [1.54, 1.807) is 30.5 Å². The first kappa shape index (κ1) is 11.1. The minimum atomic E-state index is -0.213. The summed E-state index contributed by atoms with van der Waals surface area (Å²) in [6.45, 7) is 1.97. The van der Waals surface area contributed by atoms with Crippen molar-refractivity contribution in [2.24, 2.45) is 0 Å². The van der Waals surface area contributed by atoms with E-state index < -0.39 is 0 Å². The Morgan fingerprint density at radius 1 is 1.24 bits per heavy atom. The van der Waals surface area contributed by atoms with E-state index in [1.807, 2.05) is 19.1 Å². The number of aryl methyl sites for hydroxylation is 1. The summed E-state index contributed by atoms with van der Waals surface area (Å²) in [6.07, 6.45) is 1.58. The highest BCUT2D eigenvalue weighted by atomic mass is 16.1. The summed E-state index contributed by atoms with van der Waals surface area (Å²) in [4.78, 5) is 15.9. The lowest BCUT2D eigenvalue weighted by atomic mass is 10.1. The number of pyridine rings is 1. The Balaban J connectivity index is 2.17. The highest BCUT2D eigenvalue weighted by Crippen LogP contribution is 2.14. The summed E-state index contributed by atoms with van der Waals surface area (Å²) >= 11 is 0. The number of nitrogens with two attached hydrogens (primary N) is 1. The lowest BCUT2D eigenvalue weighted by Gasteiger charge is -2.06. The van der Waals surface area contributed by atoms with Crippen molar-refractivity contribution in [3.05, 3.63) is 53.7 Å². The third-order valence-corrected chi connectivity index (χ3v) is 2.38. The summed E-state index contributed by atoms with van der Waals surface area (Å²) in [5.74, 6) is 0.175. The molecule has 0 saturated heterocycles. The van der Waals surface area contributed by atoms with Crippen molar-refractivity contribution in [2.75, 3.05) is 11.1 Å². The van der Waals surface area contributed by atoms with Gasteiger partial charge in [-0.2, -0.15) is 0 Å². The molecule has 17 heavy (non-hydrogen) atoms. The Morgan fingerprint density at radius 3 is 2.59 bits per heavy atom. The molecule has 0 saturated carbocycles. The SMILES string of the molecule is Cc1ccc(C(=O)Nc2ncccc2N)cc1. The molecule has 0 fully saturated rings. The Kier molecular flexibility index (Phi) is 3.05. The molecule has 4 nitrogen and oxygen atoms in total. The first-order valence-corrected chi connectivity index (χ1v) is 5.25. The maximum Gasteiger partial charge on any atom is 0.256 e. The lowest BCUT2D eigenvalue weighted by Crippen LogP contribution is -2.14. The minimum absolute atomic E-state index is 0.213. The fourth-order valence-corrected chi connectivity index (χ4v) is 1.41. The molecule has 0 atom stereocenters. The number of hydrogen-bond acceptors (Lipinski definition) is 3. The summed E-state index contributed by atoms with van der Waals surface area (Å²) in [5, 5.41) is 2.67. The molecule has 1 heterocycles. The van der Waals surface area contributed by atoms with Crippen LogP contribution in [0.5, 0.6) is 0 Å². The van der Waals surface area contributed by atoms with Crippen LogP contribution in [0.2, 0.25) is 0 Å². The van der Waals surface area contributed by atoms with Crippen LogP contribution in [0.25, 0.3) is 0 Å². The van der Waals surface area contributed by atoms with Crippen molar-refractivity contribution in [3.8, 4) is 0 Å². The average Bonchev–Trinajstić information content (AvgIpc) is 2.33. The van der Waals surface area contributed by atoms with E-state index in [2.05, 4.69) is 10.3 Å². The first-order valence-electron chi connectivity index (χ1n) is 5.25. The lowest BCUT2D eigenvalue weighted by molar-refractivity contribution is 0.102. The Bertz CT molecular complexity index is 535. The van der Waals surface area contributed by atoms with Gasteiger partial charge in [0.15, 0.2) is 5.82 Å². The minimum Gasteiger partial charge on any atom is -0.396 e. The fraction of sp³-hybridized carbons (Fsp3) is 0.0769. The van der Waals surface area contributed by atoms with Crippen molar-refractivity contribution in [1.29, 1.82) is 0 Å². The molecule has 0 aliphatic carbocycles. The summed E-state index contributed by atoms with van der Waals surface area (Å²) < 4.78 is 0. The zero-order valence-corrected chi connectivity index (χ0v) is 9.47. The van der Waals surface area contributed by atoms with E-state index in [0.717, 1.165) is 5.56 Å². The van der Waals surface area contributed by atoms with Crippen LogP contribution >= 0.6 is 0 Å². The van der Waals surface area contributed by atoms with E-state index in [9.17, 15) is 4.79 Å². The second-order valence-corrected chi connectivity index (χ2v) is 3.76. The number of carbonyl (C=O) groups excluding carboxylic acids is 1. The number of rotatable bonds is 2. The maximum absolute atomic E-state index is 11.9. The van der Waals surface area contributed by atoms with Crippen LogP contribution in [-0.2, 0) is 0 Å².